The molecular weight excluding hydrogens is 424 g/mol. The normalized spacial score (nSPS) is 17.9. The highest BCUT2D eigenvalue weighted by Gasteiger charge is 2.24. The topological polar surface area (TPSA) is 82.2 Å². The second-order valence-corrected chi connectivity index (χ2v) is 9.23. The van der Waals surface area contributed by atoms with Crippen LogP contribution in [0.3, 0.4) is 0 Å². The minimum Gasteiger partial charge on any atom is -0.362 e. The van der Waals surface area contributed by atoms with Crippen molar-refractivity contribution in [1.82, 2.24) is 15.3 Å². The standard InChI is InChI=1S/C27H36N6O/c1-5-18-10-9-11-19(6-2)24(18)31-27(34)29-21-16-14-20(15-17-21)28-26-30-23-13-8-7-12-22(23)25(32-26)33(3)4/h7-13,20-21H,5-6,14-17H2,1-4H3,(H,28,30,32)(H2,29,31,34)/t20-,21+. The Labute approximate surface area is 202 Å². The van der Waals surface area contributed by atoms with E-state index in [1.807, 2.05) is 37.2 Å². The Kier molecular flexibility index (Phi) is 7.50. The highest BCUT2D eigenvalue weighted by Crippen LogP contribution is 2.27. The van der Waals surface area contributed by atoms with E-state index in [4.69, 9.17) is 9.97 Å². The molecule has 1 aromatic heterocycles. The summed E-state index contributed by atoms with van der Waals surface area (Å²) in [6.45, 7) is 4.24. The van der Waals surface area contributed by atoms with Gasteiger partial charge in [-0.05, 0) is 61.8 Å². The molecular formula is C27H36N6O. The number of fused-ring (bicyclic) bond motifs is 1. The van der Waals surface area contributed by atoms with E-state index in [0.717, 1.165) is 60.9 Å². The zero-order valence-electron chi connectivity index (χ0n) is 20.7. The molecule has 1 aliphatic carbocycles. The van der Waals surface area contributed by atoms with Crippen LogP contribution >= 0.6 is 0 Å². The molecule has 0 atom stereocenters. The molecule has 7 nitrogen and oxygen atoms in total. The lowest BCUT2D eigenvalue weighted by Gasteiger charge is -2.30. The Morgan fingerprint density at radius 1 is 0.912 bits per heavy atom. The fraction of sp³-hybridized carbons (Fsp3) is 0.444. The average Bonchev–Trinajstić information content (AvgIpc) is 2.84. The Bertz CT molecular complexity index is 1110. The Morgan fingerprint density at radius 3 is 2.21 bits per heavy atom. The monoisotopic (exact) mass is 460 g/mol. The van der Waals surface area contributed by atoms with Crippen LogP contribution in [0, 0.1) is 0 Å². The Hall–Kier alpha value is -3.35. The van der Waals surface area contributed by atoms with Gasteiger partial charge in [-0.1, -0.05) is 44.2 Å². The summed E-state index contributed by atoms with van der Waals surface area (Å²) in [6, 6.07) is 14.7. The van der Waals surface area contributed by atoms with Gasteiger partial charge in [-0.2, -0.15) is 4.98 Å². The third-order valence-electron chi connectivity index (χ3n) is 6.64. The van der Waals surface area contributed by atoms with Gasteiger partial charge in [0.2, 0.25) is 5.95 Å². The summed E-state index contributed by atoms with van der Waals surface area (Å²) in [6.07, 6.45) is 5.57. The lowest BCUT2D eigenvalue weighted by molar-refractivity contribution is 0.243. The summed E-state index contributed by atoms with van der Waals surface area (Å²) in [7, 11) is 4.01. The van der Waals surface area contributed by atoms with Crippen molar-refractivity contribution in [1.29, 1.82) is 0 Å². The van der Waals surface area contributed by atoms with E-state index in [2.05, 4.69) is 54.1 Å². The maximum Gasteiger partial charge on any atom is 0.319 e. The number of nitrogens with one attached hydrogen (secondary N) is 3. The molecule has 1 aliphatic rings. The lowest BCUT2D eigenvalue weighted by Crippen LogP contribution is -2.42. The summed E-state index contributed by atoms with van der Waals surface area (Å²) in [5, 5.41) is 10.9. The van der Waals surface area contributed by atoms with Gasteiger partial charge in [0.25, 0.3) is 0 Å². The van der Waals surface area contributed by atoms with Gasteiger partial charge in [-0.3, -0.25) is 0 Å². The average molecular weight is 461 g/mol. The SMILES string of the molecule is CCc1cccc(CC)c1NC(=O)N[C@H]1CC[C@@H](Nc2nc(N(C)C)c3ccccc3n2)CC1. The molecule has 0 unspecified atom stereocenters. The van der Waals surface area contributed by atoms with E-state index in [1.165, 1.54) is 11.1 Å². The number of anilines is 3. The second kappa shape index (κ2) is 10.7. The molecule has 2 aromatic carbocycles. The maximum absolute atomic E-state index is 12.8. The highest BCUT2D eigenvalue weighted by atomic mass is 16.2. The van der Waals surface area contributed by atoms with Crippen molar-refractivity contribution in [3.8, 4) is 0 Å². The van der Waals surface area contributed by atoms with Crippen LogP contribution < -0.4 is 20.9 Å². The van der Waals surface area contributed by atoms with Crippen LogP contribution in [0.5, 0.6) is 0 Å². The number of benzene rings is 2. The summed E-state index contributed by atoms with van der Waals surface area (Å²) in [4.78, 5) is 24.3. The van der Waals surface area contributed by atoms with Crippen LogP contribution in [0.4, 0.5) is 22.2 Å². The van der Waals surface area contributed by atoms with E-state index in [0.29, 0.717) is 12.0 Å². The molecule has 0 saturated heterocycles. The van der Waals surface area contributed by atoms with Gasteiger partial charge in [0.1, 0.15) is 5.82 Å². The fourth-order valence-electron chi connectivity index (χ4n) is 4.77. The number of amides is 2. The van der Waals surface area contributed by atoms with E-state index < -0.39 is 0 Å². The van der Waals surface area contributed by atoms with Crippen molar-refractivity contribution in [3.05, 3.63) is 53.6 Å². The van der Waals surface area contributed by atoms with Gasteiger partial charge >= 0.3 is 6.03 Å². The molecule has 3 N–H and O–H groups in total. The van der Waals surface area contributed by atoms with Crippen molar-refractivity contribution >= 4 is 34.4 Å². The maximum atomic E-state index is 12.8. The van der Waals surface area contributed by atoms with Gasteiger partial charge in [0, 0.05) is 37.3 Å². The number of carbonyl (C=O) groups excluding carboxylic acids is 1. The van der Waals surface area contributed by atoms with Crippen LogP contribution in [0.25, 0.3) is 10.9 Å². The van der Waals surface area contributed by atoms with E-state index in [-0.39, 0.29) is 12.1 Å². The number of carbonyl (C=O) groups is 1. The Balaban J connectivity index is 1.34. The van der Waals surface area contributed by atoms with E-state index in [1.54, 1.807) is 0 Å². The van der Waals surface area contributed by atoms with Crippen molar-refractivity contribution in [2.75, 3.05) is 29.6 Å². The van der Waals surface area contributed by atoms with E-state index >= 15 is 0 Å². The fourth-order valence-corrected chi connectivity index (χ4v) is 4.77. The molecule has 1 fully saturated rings. The molecule has 1 heterocycles. The van der Waals surface area contributed by atoms with Crippen LogP contribution in [0.2, 0.25) is 0 Å². The molecule has 0 bridgehead atoms. The predicted molar refractivity (Wildman–Crippen MR) is 141 cm³/mol. The van der Waals surface area contributed by atoms with Crippen LogP contribution in [0.15, 0.2) is 42.5 Å². The van der Waals surface area contributed by atoms with Gasteiger partial charge in [-0.25, -0.2) is 9.78 Å². The highest BCUT2D eigenvalue weighted by molar-refractivity contribution is 5.91. The van der Waals surface area contributed by atoms with Gasteiger partial charge in [0.15, 0.2) is 0 Å². The van der Waals surface area contributed by atoms with Crippen molar-refractivity contribution in [2.24, 2.45) is 0 Å². The quantitative estimate of drug-likeness (QED) is 0.442. The minimum absolute atomic E-state index is 0.111. The summed E-state index contributed by atoms with van der Waals surface area (Å²) in [5.41, 5.74) is 4.25. The first-order valence-corrected chi connectivity index (χ1v) is 12.4. The van der Waals surface area contributed by atoms with Crippen LogP contribution in [-0.2, 0) is 12.8 Å². The first-order chi connectivity index (χ1) is 16.5. The number of para-hydroxylation sites is 2. The molecule has 180 valence electrons. The van der Waals surface area contributed by atoms with Crippen molar-refractivity contribution in [3.63, 3.8) is 0 Å². The number of hydrogen-bond donors (Lipinski definition) is 3. The molecule has 7 heteroatoms. The number of aromatic nitrogens is 2. The second-order valence-electron chi connectivity index (χ2n) is 9.23. The first-order valence-electron chi connectivity index (χ1n) is 12.4. The third kappa shape index (κ3) is 5.41. The largest absolute Gasteiger partial charge is 0.362 e. The smallest absolute Gasteiger partial charge is 0.319 e. The zero-order valence-corrected chi connectivity index (χ0v) is 20.7. The van der Waals surface area contributed by atoms with Crippen molar-refractivity contribution < 1.29 is 4.79 Å². The molecule has 3 aromatic rings. The number of aryl methyl sites for hydroxylation is 2. The number of urea groups is 1. The molecule has 4 rings (SSSR count). The van der Waals surface area contributed by atoms with Gasteiger partial charge in [0.05, 0.1) is 5.52 Å². The summed E-state index contributed by atoms with van der Waals surface area (Å²) in [5.74, 6) is 1.58. The van der Waals surface area contributed by atoms with Crippen molar-refractivity contribution in [2.45, 2.75) is 64.5 Å². The van der Waals surface area contributed by atoms with Gasteiger partial charge < -0.3 is 20.9 Å². The number of rotatable bonds is 7. The number of nitrogens with zero attached hydrogens (tertiary/aromatic N) is 3. The zero-order chi connectivity index (χ0) is 24.1. The minimum atomic E-state index is -0.111. The van der Waals surface area contributed by atoms with Crippen LogP contribution in [-0.4, -0.2) is 42.2 Å². The molecule has 0 radical (unpaired) electrons. The lowest BCUT2D eigenvalue weighted by atomic mass is 9.91. The molecule has 0 spiro atoms. The third-order valence-corrected chi connectivity index (χ3v) is 6.64. The Morgan fingerprint density at radius 2 is 1.56 bits per heavy atom. The predicted octanol–water partition coefficient (Wildman–Crippen LogP) is 5.37. The molecule has 34 heavy (non-hydrogen) atoms. The molecule has 0 aliphatic heterocycles. The van der Waals surface area contributed by atoms with E-state index in [9.17, 15) is 4.79 Å². The summed E-state index contributed by atoms with van der Waals surface area (Å²) >= 11 is 0. The first kappa shape index (κ1) is 23.8. The molecule has 2 amide bonds. The summed E-state index contributed by atoms with van der Waals surface area (Å²) < 4.78 is 0. The van der Waals surface area contributed by atoms with Gasteiger partial charge in [-0.15, -0.1) is 0 Å². The molecule has 1 saturated carbocycles. The number of hydrogen-bond acceptors (Lipinski definition) is 5. The van der Waals surface area contributed by atoms with Crippen LogP contribution in [0.1, 0.15) is 50.7 Å².